The van der Waals surface area contributed by atoms with Crippen LogP contribution in [-0.4, -0.2) is 55.9 Å². The SMILES string of the molecule is CCOC(=O)CC(=O)OC(O)CCO.COC. The van der Waals surface area contributed by atoms with E-state index >= 15 is 0 Å². The summed E-state index contributed by atoms with van der Waals surface area (Å²) in [5.74, 6) is -1.57. The highest BCUT2D eigenvalue weighted by molar-refractivity contribution is 5.91. The van der Waals surface area contributed by atoms with Gasteiger partial charge in [-0.05, 0) is 6.92 Å². The van der Waals surface area contributed by atoms with Gasteiger partial charge >= 0.3 is 11.9 Å². The largest absolute Gasteiger partial charge is 0.466 e. The Labute approximate surface area is 100 Å². The summed E-state index contributed by atoms with van der Waals surface area (Å²) >= 11 is 0. The van der Waals surface area contributed by atoms with Crippen molar-refractivity contribution >= 4 is 11.9 Å². The van der Waals surface area contributed by atoms with Gasteiger partial charge in [0.2, 0.25) is 6.29 Å². The van der Waals surface area contributed by atoms with Crippen LogP contribution in [0.3, 0.4) is 0 Å². The zero-order chi connectivity index (χ0) is 13.7. The molecule has 1 atom stereocenters. The van der Waals surface area contributed by atoms with Crippen LogP contribution in [0.1, 0.15) is 19.8 Å². The second kappa shape index (κ2) is 12.9. The first kappa shape index (κ1) is 18.2. The third-order valence-electron chi connectivity index (χ3n) is 1.24. The molecule has 0 aromatic carbocycles. The number of ether oxygens (including phenoxy) is 3. The highest BCUT2D eigenvalue weighted by atomic mass is 16.6. The second-order valence-electron chi connectivity index (χ2n) is 2.85. The lowest BCUT2D eigenvalue weighted by Crippen LogP contribution is -2.21. The van der Waals surface area contributed by atoms with Gasteiger partial charge in [0.1, 0.15) is 6.42 Å². The average molecular weight is 252 g/mol. The summed E-state index contributed by atoms with van der Waals surface area (Å²) in [5, 5.41) is 17.3. The number of aliphatic hydroxyl groups excluding tert-OH is 2. The van der Waals surface area contributed by atoms with Gasteiger partial charge in [0.05, 0.1) is 6.61 Å². The fourth-order valence-corrected chi connectivity index (χ4v) is 0.693. The van der Waals surface area contributed by atoms with Gasteiger partial charge in [0, 0.05) is 27.2 Å². The smallest absolute Gasteiger partial charge is 0.319 e. The van der Waals surface area contributed by atoms with Crippen LogP contribution in [0.25, 0.3) is 0 Å². The summed E-state index contributed by atoms with van der Waals surface area (Å²) < 4.78 is 13.1. The van der Waals surface area contributed by atoms with Crippen molar-refractivity contribution in [1.29, 1.82) is 0 Å². The van der Waals surface area contributed by atoms with Gasteiger partial charge in [-0.3, -0.25) is 9.59 Å². The minimum atomic E-state index is -1.37. The predicted molar refractivity (Wildman–Crippen MR) is 58.0 cm³/mol. The molecule has 0 bridgehead atoms. The van der Waals surface area contributed by atoms with Crippen molar-refractivity contribution in [3.05, 3.63) is 0 Å². The molecule has 17 heavy (non-hydrogen) atoms. The molecule has 2 N–H and O–H groups in total. The van der Waals surface area contributed by atoms with Crippen LogP contribution >= 0.6 is 0 Å². The van der Waals surface area contributed by atoms with E-state index in [1.54, 1.807) is 21.1 Å². The molecule has 7 nitrogen and oxygen atoms in total. The fraction of sp³-hybridized carbons (Fsp3) is 0.800. The maximum Gasteiger partial charge on any atom is 0.319 e. The fourth-order valence-electron chi connectivity index (χ4n) is 0.693. The molecule has 0 fully saturated rings. The molecule has 0 spiro atoms. The number of methoxy groups -OCH3 is 1. The lowest BCUT2D eigenvalue weighted by atomic mass is 10.4. The Balaban J connectivity index is 0. The maximum absolute atomic E-state index is 10.8. The zero-order valence-corrected chi connectivity index (χ0v) is 10.3. The Hall–Kier alpha value is -1.18. The molecule has 0 saturated heterocycles. The van der Waals surface area contributed by atoms with Crippen LogP contribution in [0.2, 0.25) is 0 Å². The number of carbonyl (C=O) groups is 2. The molecule has 0 amide bonds. The maximum atomic E-state index is 10.8. The lowest BCUT2D eigenvalue weighted by Gasteiger charge is -2.09. The minimum Gasteiger partial charge on any atom is -0.466 e. The summed E-state index contributed by atoms with van der Waals surface area (Å²) in [6.07, 6.45) is -1.98. The van der Waals surface area contributed by atoms with Crippen molar-refractivity contribution in [3.63, 3.8) is 0 Å². The zero-order valence-electron chi connectivity index (χ0n) is 10.3. The molecule has 0 rings (SSSR count). The Morgan fingerprint density at radius 2 is 1.76 bits per heavy atom. The van der Waals surface area contributed by atoms with Gasteiger partial charge < -0.3 is 24.4 Å². The first-order valence-corrected chi connectivity index (χ1v) is 5.05. The van der Waals surface area contributed by atoms with Gasteiger partial charge in [-0.25, -0.2) is 0 Å². The molecule has 0 aromatic rings. The van der Waals surface area contributed by atoms with E-state index in [1.807, 2.05) is 0 Å². The summed E-state index contributed by atoms with van der Waals surface area (Å²) in [6.45, 7) is 1.50. The molecule has 0 aromatic heterocycles. The van der Waals surface area contributed by atoms with Gasteiger partial charge in [0.25, 0.3) is 0 Å². The Bertz CT molecular complexity index is 205. The number of esters is 2. The normalized spacial score (nSPS) is 10.9. The summed E-state index contributed by atoms with van der Waals surface area (Å²) in [5.41, 5.74) is 0. The van der Waals surface area contributed by atoms with E-state index in [0.29, 0.717) is 0 Å². The standard InChI is InChI=1S/C8H14O6.C2H6O/c1-2-13-7(11)5-8(12)14-6(10)3-4-9;1-3-2/h6,9-10H,2-5H2,1H3;1-2H3. The van der Waals surface area contributed by atoms with Crippen molar-refractivity contribution in [2.75, 3.05) is 27.4 Å². The van der Waals surface area contributed by atoms with Gasteiger partial charge in [-0.1, -0.05) is 0 Å². The van der Waals surface area contributed by atoms with E-state index in [2.05, 4.69) is 14.2 Å². The predicted octanol–water partition coefficient (Wildman–Crippen LogP) is -0.554. The van der Waals surface area contributed by atoms with Crippen LogP contribution in [0.15, 0.2) is 0 Å². The van der Waals surface area contributed by atoms with E-state index in [0.717, 1.165) is 0 Å². The van der Waals surface area contributed by atoms with E-state index in [1.165, 1.54) is 0 Å². The summed E-state index contributed by atoms with van der Waals surface area (Å²) in [6, 6.07) is 0. The average Bonchev–Trinajstić information content (AvgIpc) is 2.18. The van der Waals surface area contributed by atoms with Crippen LogP contribution in [0.5, 0.6) is 0 Å². The third-order valence-corrected chi connectivity index (χ3v) is 1.24. The van der Waals surface area contributed by atoms with Crippen LogP contribution in [-0.2, 0) is 23.8 Å². The minimum absolute atomic E-state index is 0.0748. The van der Waals surface area contributed by atoms with Crippen molar-refractivity contribution in [2.24, 2.45) is 0 Å². The Kier molecular flexibility index (Phi) is 13.8. The first-order valence-electron chi connectivity index (χ1n) is 5.05. The second-order valence-corrected chi connectivity index (χ2v) is 2.85. The molecule has 0 aliphatic rings. The number of rotatable bonds is 6. The molecule has 0 radical (unpaired) electrons. The van der Waals surface area contributed by atoms with E-state index in [-0.39, 0.29) is 19.6 Å². The molecule has 102 valence electrons. The molecule has 0 saturated carbocycles. The van der Waals surface area contributed by atoms with Gasteiger partial charge in [0.15, 0.2) is 0 Å². The number of hydrogen-bond acceptors (Lipinski definition) is 7. The third kappa shape index (κ3) is 14.8. The number of hydrogen-bond donors (Lipinski definition) is 2. The van der Waals surface area contributed by atoms with E-state index < -0.39 is 24.6 Å². The quantitative estimate of drug-likeness (QED) is 0.371. The number of aliphatic hydroxyl groups is 2. The van der Waals surface area contributed by atoms with E-state index in [4.69, 9.17) is 10.2 Å². The summed E-state index contributed by atoms with van der Waals surface area (Å²) in [7, 11) is 3.25. The van der Waals surface area contributed by atoms with Crippen molar-refractivity contribution in [2.45, 2.75) is 26.1 Å². The Morgan fingerprint density at radius 1 is 1.24 bits per heavy atom. The monoisotopic (exact) mass is 252 g/mol. The molecule has 1 unspecified atom stereocenters. The lowest BCUT2D eigenvalue weighted by molar-refractivity contribution is -0.173. The Morgan fingerprint density at radius 3 is 2.18 bits per heavy atom. The van der Waals surface area contributed by atoms with Gasteiger partial charge in [-0.15, -0.1) is 0 Å². The molecule has 7 heteroatoms. The number of carbonyl (C=O) groups excluding carboxylic acids is 2. The molecule has 0 aliphatic heterocycles. The van der Waals surface area contributed by atoms with Crippen LogP contribution < -0.4 is 0 Å². The molecule has 0 heterocycles. The van der Waals surface area contributed by atoms with Crippen LogP contribution in [0.4, 0.5) is 0 Å². The highest BCUT2D eigenvalue weighted by Crippen LogP contribution is 1.97. The molecular weight excluding hydrogens is 232 g/mol. The van der Waals surface area contributed by atoms with Crippen LogP contribution in [0, 0.1) is 0 Å². The summed E-state index contributed by atoms with van der Waals surface area (Å²) in [4.78, 5) is 21.6. The van der Waals surface area contributed by atoms with Crippen molar-refractivity contribution < 1.29 is 34.0 Å². The van der Waals surface area contributed by atoms with E-state index in [9.17, 15) is 9.59 Å². The molecular formula is C10H20O7. The van der Waals surface area contributed by atoms with Crippen molar-refractivity contribution in [1.82, 2.24) is 0 Å². The van der Waals surface area contributed by atoms with Crippen molar-refractivity contribution in [3.8, 4) is 0 Å². The van der Waals surface area contributed by atoms with Gasteiger partial charge in [-0.2, -0.15) is 0 Å². The highest BCUT2D eigenvalue weighted by Gasteiger charge is 2.15. The first-order chi connectivity index (χ1) is 8.01. The molecule has 0 aliphatic carbocycles. The topological polar surface area (TPSA) is 102 Å².